The Kier molecular flexibility index (Phi) is 2.71. The summed E-state index contributed by atoms with van der Waals surface area (Å²) < 4.78 is 6.79. The van der Waals surface area contributed by atoms with E-state index in [1.165, 1.54) is 0 Å². The molecule has 3 N–H and O–H groups in total. The molecule has 0 fully saturated rings. The van der Waals surface area contributed by atoms with Crippen LogP contribution in [-0.4, -0.2) is 21.9 Å². The molecule has 3 rings (SSSR count). The van der Waals surface area contributed by atoms with Crippen LogP contribution in [0.25, 0.3) is 22.2 Å². The summed E-state index contributed by atoms with van der Waals surface area (Å²) in [5.41, 5.74) is 7.76. The summed E-state index contributed by atoms with van der Waals surface area (Å²) in [7, 11) is 3.36. The number of rotatable bonds is 2. The van der Waals surface area contributed by atoms with Crippen LogP contribution >= 0.6 is 0 Å². The van der Waals surface area contributed by atoms with Crippen molar-refractivity contribution in [2.45, 2.75) is 0 Å². The first kappa shape index (κ1) is 12.3. The number of pyridine rings is 1. The highest BCUT2D eigenvalue weighted by Gasteiger charge is 2.12. The number of nitrogens with two attached hydrogens (primary N) is 1. The van der Waals surface area contributed by atoms with Crippen molar-refractivity contribution in [2.24, 2.45) is 7.05 Å². The van der Waals surface area contributed by atoms with Gasteiger partial charge in [-0.25, -0.2) is 0 Å². The summed E-state index contributed by atoms with van der Waals surface area (Å²) in [6, 6.07) is 9.33. The number of benzene rings is 1. The Morgan fingerprint density at radius 1 is 1.35 bits per heavy atom. The normalized spacial score (nSPS) is 10.9. The molecule has 0 aliphatic rings. The van der Waals surface area contributed by atoms with Gasteiger partial charge >= 0.3 is 0 Å². The predicted octanol–water partition coefficient (Wildman–Crippen LogP) is 1.52. The van der Waals surface area contributed by atoms with Gasteiger partial charge < -0.3 is 15.5 Å². The van der Waals surface area contributed by atoms with Gasteiger partial charge in [0.15, 0.2) is 5.82 Å². The zero-order chi connectivity index (χ0) is 14.3. The average Bonchev–Trinajstić information content (AvgIpc) is 2.74. The topological polar surface area (TPSA) is 85.9 Å². The van der Waals surface area contributed by atoms with E-state index < -0.39 is 0 Å². The SMILES string of the molecule is COc1cccc(-c2cc3c(c(N)nn3C)c(=O)[nH]2)c1. The number of nitrogens with zero attached hydrogens (tertiary/aromatic N) is 2. The molecule has 6 heteroatoms. The Morgan fingerprint density at radius 3 is 2.90 bits per heavy atom. The van der Waals surface area contributed by atoms with Crippen molar-refractivity contribution in [3.05, 3.63) is 40.7 Å². The molecule has 0 aliphatic carbocycles. The van der Waals surface area contributed by atoms with E-state index in [-0.39, 0.29) is 11.4 Å². The number of nitrogen functional groups attached to an aromatic ring is 1. The lowest BCUT2D eigenvalue weighted by Gasteiger charge is -2.05. The van der Waals surface area contributed by atoms with Crippen LogP contribution in [0.1, 0.15) is 0 Å². The van der Waals surface area contributed by atoms with Crippen molar-refractivity contribution in [2.75, 3.05) is 12.8 Å². The highest BCUT2D eigenvalue weighted by atomic mass is 16.5. The van der Waals surface area contributed by atoms with Crippen LogP contribution < -0.4 is 16.0 Å². The van der Waals surface area contributed by atoms with Crippen molar-refractivity contribution in [1.29, 1.82) is 0 Å². The summed E-state index contributed by atoms with van der Waals surface area (Å²) in [4.78, 5) is 15.0. The molecule has 2 heterocycles. The van der Waals surface area contributed by atoms with Crippen molar-refractivity contribution in [3.63, 3.8) is 0 Å². The number of nitrogens with one attached hydrogen (secondary N) is 1. The summed E-state index contributed by atoms with van der Waals surface area (Å²) in [5, 5.41) is 4.49. The van der Waals surface area contributed by atoms with Crippen LogP contribution in [0.5, 0.6) is 5.75 Å². The lowest BCUT2D eigenvalue weighted by molar-refractivity contribution is 0.415. The third-order valence-electron chi connectivity index (χ3n) is 3.26. The van der Waals surface area contributed by atoms with Crippen molar-refractivity contribution in [1.82, 2.24) is 14.8 Å². The maximum absolute atomic E-state index is 12.1. The second kappa shape index (κ2) is 4.41. The predicted molar refractivity (Wildman–Crippen MR) is 77.7 cm³/mol. The van der Waals surface area contributed by atoms with E-state index in [1.807, 2.05) is 30.3 Å². The van der Waals surface area contributed by atoms with E-state index in [2.05, 4.69) is 10.1 Å². The maximum Gasteiger partial charge on any atom is 0.261 e. The fourth-order valence-electron chi connectivity index (χ4n) is 2.26. The maximum atomic E-state index is 12.1. The number of ether oxygens (including phenoxy) is 1. The lowest BCUT2D eigenvalue weighted by atomic mass is 10.1. The Bertz CT molecular complexity index is 848. The number of hydrogen-bond acceptors (Lipinski definition) is 4. The smallest absolute Gasteiger partial charge is 0.261 e. The minimum atomic E-state index is -0.245. The van der Waals surface area contributed by atoms with Gasteiger partial charge in [-0.2, -0.15) is 5.10 Å². The molecule has 0 bridgehead atoms. The minimum Gasteiger partial charge on any atom is -0.497 e. The third kappa shape index (κ3) is 1.82. The lowest BCUT2D eigenvalue weighted by Crippen LogP contribution is -2.08. The molecule has 0 radical (unpaired) electrons. The van der Waals surface area contributed by atoms with E-state index >= 15 is 0 Å². The Balaban J connectivity index is 2.27. The van der Waals surface area contributed by atoms with Crippen LogP contribution in [-0.2, 0) is 7.05 Å². The number of H-pyrrole nitrogens is 1. The van der Waals surface area contributed by atoms with Crippen molar-refractivity contribution >= 4 is 16.7 Å². The van der Waals surface area contributed by atoms with Crippen molar-refractivity contribution < 1.29 is 4.74 Å². The highest BCUT2D eigenvalue weighted by molar-refractivity contribution is 5.90. The number of aromatic nitrogens is 3. The number of methoxy groups -OCH3 is 1. The zero-order valence-corrected chi connectivity index (χ0v) is 11.2. The molecule has 102 valence electrons. The van der Waals surface area contributed by atoms with E-state index in [0.717, 1.165) is 11.3 Å². The first-order valence-corrected chi connectivity index (χ1v) is 6.10. The molecular weight excluding hydrogens is 256 g/mol. The van der Waals surface area contributed by atoms with Crippen LogP contribution in [0.15, 0.2) is 35.1 Å². The number of aromatic amines is 1. The summed E-state index contributed by atoms with van der Waals surface area (Å²) in [6.45, 7) is 0. The Labute approximate surface area is 114 Å². The molecule has 0 saturated heterocycles. The monoisotopic (exact) mass is 270 g/mol. The summed E-state index contributed by atoms with van der Waals surface area (Å²) >= 11 is 0. The quantitative estimate of drug-likeness (QED) is 0.739. The summed E-state index contributed by atoms with van der Waals surface area (Å²) in [5.74, 6) is 0.967. The molecule has 0 atom stereocenters. The van der Waals surface area contributed by atoms with Crippen LogP contribution in [0.3, 0.4) is 0 Å². The van der Waals surface area contributed by atoms with Gasteiger partial charge in [0.25, 0.3) is 5.56 Å². The standard InChI is InChI=1S/C14H14N4O2/c1-18-11-7-10(8-4-3-5-9(6-8)20-2)16-14(19)12(11)13(15)17-18/h3-7H,1-2H3,(H2,15,17)(H,16,19). The van der Waals surface area contributed by atoms with Gasteiger partial charge in [0.2, 0.25) is 0 Å². The fourth-order valence-corrected chi connectivity index (χ4v) is 2.26. The molecule has 0 saturated carbocycles. The number of aryl methyl sites for hydroxylation is 1. The van der Waals surface area contributed by atoms with Crippen molar-refractivity contribution in [3.8, 4) is 17.0 Å². The molecule has 20 heavy (non-hydrogen) atoms. The second-order valence-electron chi connectivity index (χ2n) is 4.51. The van der Waals surface area contributed by atoms with Gasteiger partial charge in [-0.05, 0) is 18.2 Å². The van der Waals surface area contributed by atoms with Crippen LogP contribution in [0.4, 0.5) is 5.82 Å². The third-order valence-corrected chi connectivity index (χ3v) is 3.26. The van der Waals surface area contributed by atoms with Gasteiger partial charge in [0.1, 0.15) is 11.1 Å². The molecule has 6 nitrogen and oxygen atoms in total. The van der Waals surface area contributed by atoms with E-state index in [0.29, 0.717) is 16.6 Å². The van der Waals surface area contributed by atoms with Gasteiger partial charge in [-0.15, -0.1) is 0 Å². The molecule has 0 aliphatic heterocycles. The second-order valence-corrected chi connectivity index (χ2v) is 4.51. The van der Waals surface area contributed by atoms with Gasteiger partial charge in [0.05, 0.1) is 18.3 Å². The average molecular weight is 270 g/mol. The zero-order valence-electron chi connectivity index (χ0n) is 11.2. The van der Waals surface area contributed by atoms with Gasteiger partial charge in [-0.1, -0.05) is 12.1 Å². The van der Waals surface area contributed by atoms with Gasteiger partial charge in [-0.3, -0.25) is 9.48 Å². The summed E-state index contributed by atoms with van der Waals surface area (Å²) in [6.07, 6.45) is 0. The number of anilines is 1. The van der Waals surface area contributed by atoms with E-state index in [1.54, 1.807) is 18.8 Å². The number of fused-ring (bicyclic) bond motifs is 1. The molecule has 3 aromatic rings. The molecule has 0 amide bonds. The molecule has 0 spiro atoms. The largest absolute Gasteiger partial charge is 0.497 e. The van der Waals surface area contributed by atoms with Gasteiger partial charge in [0, 0.05) is 12.6 Å². The molecule has 2 aromatic heterocycles. The van der Waals surface area contributed by atoms with E-state index in [4.69, 9.17) is 10.5 Å². The molecule has 0 unspecified atom stereocenters. The van der Waals surface area contributed by atoms with E-state index in [9.17, 15) is 4.79 Å². The minimum absolute atomic E-state index is 0.237. The van der Waals surface area contributed by atoms with Crippen LogP contribution in [0, 0.1) is 0 Å². The highest BCUT2D eigenvalue weighted by Crippen LogP contribution is 2.24. The first-order chi connectivity index (χ1) is 9.60. The molecular formula is C14H14N4O2. The first-order valence-electron chi connectivity index (χ1n) is 6.10. The Morgan fingerprint density at radius 2 is 2.15 bits per heavy atom. The van der Waals surface area contributed by atoms with Crippen LogP contribution in [0.2, 0.25) is 0 Å². The number of hydrogen-bond donors (Lipinski definition) is 2. The fraction of sp³-hybridized carbons (Fsp3) is 0.143. The molecule has 1 aromatic carbocycles. The Hall–Kier alpha value is -2.76.